The van der Waals surface area contributed by atoms with E-state index in [2.05, 4.69) is 0 Å². The SMILES string of the molecule is COc1ccc(CN(C)C(=O)Cc2ccc(N)cc2)c(OC)c1.Cl. The minimum absolute atomic E-state index is 0. The van der Waals surface area contributed by atoms with E-state index in [0.717, 1.165) is 16.9 Å². The van der Waals surface area contributed by atoms with E-state index < -0.39 is 0 Å². The minimum Gasteiger partial charge on any atom is -0.497 e. The molecule has 24 heavy (non-hydrogen) atoms. The molecule has 0 aliphatic carbocycles. The average molecular weight is 351 g/mol. The van der Waals surface area contributed by atoms with Crippen molar-refractivity contribution in [3.63, 3.8) is 0 Å². The molecule has 2 rings (SSSR count). The maximum absolute atomic E-state index is 12.4. The standard InChI is InChI=1S/C18H22N2O3.ClH/c1-20(18(21)10-13-4-7-15(19)8-5-13)12-14-6-9-16(22-2)11-17(14)23-3;/h4-9,11H,10,12,19H2,1-3H3;1H. The van der Waals surface area contributed by atoms with Gasteiger partial charge in [-0.15, -0.1) is 12.4 Å². The fraction of sp³-hybridized carbons (Fsp3) is 0.278. The number of carbonyl (C=O) groups is 1. The van der Waals surface area contributed by atoms with Gasteiger partial charge in [-0.25, -0.2) is 0 Å². The highest BCUT2D eigenvalue weighted by atomic mass is 35.5. The molecule has 1 amide bonds. The number of methoxy groups -OCH3 is 2. The highest BCUT2D eigenvalue weighted by Gasteiger charge is 2.13. The number of amides is 1. The Labute approximate surface area is 148 Å². The maximum atomic E-state index is 12.4. The monoisotopic (exact) mass is 350 g/mol. The van der Waals surface area contributed by atoms with Gasteiger partial charge in [0.1, 0.15) is 11.5 Å². The Bertz CT molecular complexity index is 674. The zero-order chi connectivity index (χ0) is 16.8. The lowest BCUT2D eigenvalue weighted by Gasteiger charge is -2.19. The number of nitrogen functional groups attached to an aromatic ring is 1. The number of ether oxygens (including phenoxy) is 2. The normalized spacial score (nSPS) is 9.79. The summed E-state index contributed by atoms with van der Waals surface area (Å²) in [7, 11) is 4.99. The second kappa shape index (κ2) is 9.03. The number of nitrogens with two attached hydrogens (primary N) is 1. The van der Waals surface area contributed by atoms with Crippen molar-refractivity contribution >= 4 is 24.0 Å². The van der Waals surface area contributed by atoms with E-state index in [9.17, 15) is 4.79 Å². The first-order valence-electron chi connectivity index (χ1n) is 7.32. The highest BCUT2D eigenvalue weighted by molar-refractivity contribution is 5.85. The molecular weight excluding hydrogens is 328 g/mol. The van der Waals surface area contributed by atoms with Gasteiger partial charge in [0.05, 0.1) is 20.6 Å². The Balaban J connectivity index is 0.00000288. The Morgan fingerprint density at radius 3 is 2.33 bits per heavy atom. The van der Waals surface area contributed by atoms with Gasteiger partial charge < -0.3 is 20.1 Å². The van der Waals surface area contributed by atoms with Gasteiger partial charge >= 0.3 is 0 Å². The number of anilines is 1. The molecule has 0 aromatic heterocycles. The molecule has 5 nitrogen and oxygen atoms in total. The lowest BCUT2D eigenvalue weighted by molar-refractivity contribution is -0.129. The van der Waals surface area contributed by atoms with Crippen molar-refractivity contribution in [1.82, 2.24) is 4.90 Å². The zero-order valence-electron chi connectivity index (χ0n) is 14.1. The van der Waals surface area contributed by atoms with Crippen LogP contribution in [0.1, 0.15) is 11.1 Å². The van der Waals surface area contributed by atoms with E-state index >= 15 is 0 Å². The van der Waals surface area contributed by atoms with Crippen LogP contribution in [-0.2, 0) is 17.8 Å². The van der Waals surface area contributed by atoms with Crippen LogP contribution < -0.4 is 15.2 Å². The third kappa shape index (κ3) is 5.06. The average Bonchev–Trinajstić information content (AvgIpc) is 2.57. The van der Waals surface area contributed by atoms with Crippen molar-refractivity contribution in [2.45, 2.75) is 13.0 Å². The van der Waals surface area contributed by atoms with Crippen LogP contribution in [0.3, 0.4) is 0 Å². The van der Waals surface area contributed by atoms with E-state index in [1.54, 1.807) is 38.3 Å². The molecule has 0 bridgehead atoms. The molecule has 6 heteroatoms. The van der Waals surface area contributed by atoms with Crippen molar-refractivity contribution in [2.24, 2.45) is 0 Å². The molecule has 0 saturated carbocycles. The van der Waals surface area contributed by atoms with Crippen molar-refractivity contribution in [3.05, 3.63) is 53.6 Å². The molecule has 0 fully saturated rings. The third-order valence-electron chi connectivity index (χ3n) is 3.66. The molecule has 0 radical (unpaired) electrons. The quantitative estimate of drug-likeness (QED) is 0.813. The van der Waals surface area contributed by atoms with Crippen molar-refractivity contribution in [3.8, 4) is 11.5 Å². The predicted octanol–water partition coefficient (Wildman–Crippen LogP) is 2.91. The fourth-order valence-electron chi connectivity index (χ4n) is 2.27. The Morgan fingerprint density at radius 2 is 1.75 bits per heavy atom. The molecule has 0 heterocycles. The van der Waals surface area contributed by atoms with Crippen LogP contribution in [0.15, 0.2) is 42.5 Å². The van der Waals surface area contributed by atoms with Crippen molar-refractivity contribution < 1.29 is 14.3 Å². The summed E-state index contributed by atoms with van der Waals surface area (Å²) in [5.41, 5.74) is 8.22. The number of benzene rings is 2. The number of hydrogen-bond donors (Lipinski definition) is 1. The lowest BCUT2D eigenvalue weighted by atomic mass is 10.1. The third-order valence-corrected chi connectivity index (χ3v) is 3.66. The molecular formula is C18H23ClN2O3. The van der Waals surface area contributed by atoms with Crippen LogP contribution in [0.2, 0.25) is 0 Å². The van der Waals surface area contributed by atoms with Crippen LogP contribution in [-0.4, -0.2) is 32.1 Å². The Kier molecular flexibility index (Phi) is 7.39. The summed E-state index contributed by atoms with van der Waals surface area (Å²) in [6.45, 7) is 0.473. The summed E-state index contributed by atoms with van der Waals surface area (Å²) in [5.74, 6) is 1.46. The summed E-state index contributed by atoms with van der Waals surface area (Å²) in [4.78, 5) is 14.0. The number of hydrogen-bond acceptors (Lipinski definition) is 4. The number of halogens is 1. The molecule has 0 aliphatic heterocycles. The first-order valence-corrected chi connectivity index (χ1v) is 7.32. The van der Waals surface area contributed by atoms with Gasteiger partial charge in [-0.2, -0.15) is 0 Å². The van der Waals surface area contributed by atoms with E-state index in [-0.39, 0.29) is 18.3 Å². The minimum atomic E-state index is 0. The van der Waals surface area contributed by atoms with E-state index in [1.807, 2.05) is 30.3 Å². The van der Waals surface area contributed by atoms with Gasteiger partial charge in [0.25, 0.3) is 0 Å². The first-order chi connectivity index (χ1) is 11.0. The van der Waals surface area contributed by atoms with Crippen LogP contribution >= 0.6 is 12.4 Å². The second-order valence-corrected chi connectivity index (χ2v) is 5.35. The maximum Gasteiger partial charge on any atom is 0.227 e. The van der Waals surface area contributed by atoms with Gasteiger partial charge in [0.15, 0.2) is 0 Å². The Morgan fingerprint density at radius 1 is 1.08 bits per heavy atom. The molecule has 2 aromatic rings. The Hall–Kier alpha value is -2.40. The van der Waals surface area contributed by atoms with Crippen molar-refractivity contribution in [1.29, 1.82) is 0 Å². The molecule has 130 valence electrons. The van der Waals surface area contributed by atoms with Gasteiger partial charge in [0, 0.05) is 30.9 Å². The van der Waals surface area contributed by atoms with E-state index in [1.165, 1.54) is 0 Å². The zero-order valence-corrected chi connectivity index (χ0v) is 14.9. The van der Waals surface area contributed by atoms with Gasteiger partial charge in [-0.1, -0.05) is 12.1 Å². The fourth-order valence-corrected chi connectivity index (χ4v) is 2.27. The van der Waals surface area contributed by atoms with Crippen molar-refractivity contribution in [2.75, 3.05) is 27.0 Å². The molecule has 0 saturated heterocycles. The van der Waals surface area contributed by atoms with Gasteiger partial charge in [-0.3, -0.25) is 4.79 Å². The largest absolute Gasteiger partial charge is 0.497 e. The number of rotatable bonds is 6. The topological polar surface area (TPSA) is 64.8 Å². The second-order valence-electron chi connectivity index (χ2n) is 5.35. The summed E-state index contributed by atoms with van der Waals surface area (Å²) < 4.78 is 10.6. The summed E-state index contributed by atoms with van der Waals surface area (Å²) >= 11 is 0. The number of likely N-dealkylation sites (N-methyl/N-ethyl adjacent to an activating group) is 1. The highest BCUT2D eigenvalue weighted by Crippen LogP contribution is 2.25. The molecule has 0 spiro atoms. The van der Waals surface area contributed by atoms with Crippen LogP contribution in [0.4, 0.5) is 5.69 Å². The van der Waals surface area contributed by atoms with Crippen LogP contribution in [0.5, 0.6) is 11.5 Å². The molecule has 0 unspecified atom stereocenters. The summed E-state index contributed by atoms with van der Waals surface area (Å²) in [5, 5.41) is 0. The number of nitrogens with zero attached hydrogens (tertiary/aromatic N) is 1. The molecule has 2 aromatic carbocycles. The summed E-state index contributed by atoms with van der Waals surface area (Å²) in [6.07, 6.45) is 0.343. The lowest BCUT2D eigenvalue weighted by Crippen LogP contribution is -2.27. The first kappa shape index (κ1) is 19.6. The summed E-state index contributed by atoms with van der Waals surface area (Å²) in [6, 6.07) is 12.9. The molecule has 2 N–H and O–H groups in total. The predicted molar refractivity (Wildman–Crippen MR) is 97.8 cm³/mol. The van der Waals surface area contributed by atoms with E-state index in [0.29, 0.717) is 24.4 Å². The smallest absolute Gasteiger partial charge is 0.227 e. The van der Waals surface area contributed by atoms with Gasteiger partial charge in [-0.05, 0) is 29.8 Å². The van der Waals surface area contributed by atoms with E-state index in [4.69, 9.17) is 15.2 Å². The molecule has 0 atom stereocenters. The van der Waals surface area contributed by atoms with Crippen LogP contribution in [0.25, 0.3) is 0 Å². The molecule has 0 aliphatic rings. The number of carbonyl (C=O) groups excluding carboxylic acids is 1. The van der Waals surface area contributed by atoms with Gasteiger partial charge in [0.2, 0.25) is 5.91 Å². The van der Waals surface area contributed by atoms with Crippen LogP contribution in [0, 0.1) is 0 Å².